The fourth-order valence-corrected chi connectivity index (χ4v) is 7.80. The predicted molar refractivity (Wildman–Crippen MR) is 259 cm³/mol. The van der Waals surface area contributed by atoms with Crippen LogP contribution in [0.3, 0.4) is 0 Å². The van der Waals surface area contributed by atoms with Crippen LogP contribution in [0, 0.1) is 0 Å². The number of hydrogen-bond donors (Lipinski definition) is 4. The van der Waals surface area contributed by atoms with Crippen LogP contribution in [-0.4, -0.2) is 46.1 Å². The molecular formula is C54H101NO4. The van der Waals surface area contributed by atoms with Crippen molar-refractivity contribution in [2.45, 2.75) is 283 Å². The second-order valence-electron chi connectivity index (χ2n) is 17.7. The van der Waals surface area contributed by atoms with E-state index >= 15 is 0 Å². The molecule has 3 atom stereocenters. The first kappa shape index (κ1) is 57.3. The number of amides is 1. The molecule has 0 aromatic heterocycles. The zero-order valence-corrected chi connectivity index (χ0v) is 39.4. The van der Waals surface area contributed by atoms with Gasteiger partial charge in [-0.1, -0.05) is 242 Å². The second kappa shape index (κ2) is 49.0. The molecule has 3 unspecified atom stereocenters. The zero-order chi connectivity index (χ0) is 43.0. The number of nitrogens with one attached hydrogen (secondary N) is 1. The summed E-state index contributed by atoms with van der Waals surface area (Å²) in [6, 6.07) is -0.825. The lowest BCUT2D eigenvalue weighted by Gasteiger charge is -2.21. The van der Waals surface area contributed by atoms with Crippen LogP contribution in [0.1, 0.15) is 264 Å². The molecule has 0 fully saturated rings. The average molecular weight is 828 g/mol. The number of rotatable bonds is 47. The van der Waals surface area contributed by atoms with Crippen molar-refractivity contribution in [3.05, 3.63) is 48.6 Å². The van der Waals surface area contributed by atoms with E-state index in [4.69, 9.17) is 0 Å². The molecule has 0 saturated carbocycles. The first-order chi connectivity index (χ1) is 29.1. The Bertz CT molecular complexity index is 958. The van der Waals surface area contributed by atoms with Gasteiger partial charge in [-0.05, 0) is 70.6 Å². The summed E-state index contributed by atoms with van der Waals surface area (Å²) in [4.78, 5) is 12.5. The Kier molecular flexibility index (Phi) is 47.6. The number of allylic oxidation sites excluding steroid dienone is 7. The van der Waals surface area contributed by atoms with Crippen molar-refractivity contribution in [1.82, 2.24) is 5.32 Å². The number of carbonyl (C=O) groups is 1. The maximum atomic E-state index is 12.5. The summed E-state index contributed by atoms with van der Waals surface area (Å²) in [6.45, 7) is 4.19. The summed E-state index contributed by atoms with van der Waals surface area (Å²) in [7, 11) is 0. The number of aliphatic hydroxyl groups excluding tert-OH is 3. The molecule has 0 rings (SSSR count). The maximum Gasteiger partial charge on any atom is 0.249 e. The highest BCUT2D eigenvalue weighted by Gasteiger charge is 2.22. The Morgan fingerprint density at radius 2 is 0.695 bits per heavy atom. The van der Waals surface area contributed by atoms with Crippen molar-refractivity contribution in [1.29, 1.82) is 0 Å². The number of unbranched alkanes of at least 4 members (excludes halogenated alkanes) is 33. The molecule has 0 aromatic carbocycles. The molecule has 0 spiro atoms. The minimum atomic E-state index is -1.12. The van der Waals surface area contributed by atoms with Gasteiger partial charge in [0.15, 0.2) is 0 Å². The third kappa shape index (κ3) is 44.2. The Morgan fingerprint density at radius 1 is 0.407 bits per heavy atom. The lowest BCUT2D eigenvalue weighted by Crippen LogP contribution is -2.48. The highest BCUT2D eigenvalue weighted by molar-refractivity contribution is 5.80. The summed E-state index contributed by atoms with van der Waals surface area (Å²) in [5.41, 5.74) is 0. The van der Waals surface area contributed by atoms with Gasteiger partial charge in [-0.3, -0.25) is 4.79 Å². The third-order valence-corrected chi connectivity index (χ3v) is 11.9. The predicted octanol–water partition coefficient (Wildman–Crippen LogP) is 15.7. The summed E-state index contributed by atoms with van der Waals surface area (Å²) < 4.78 is 0. The zero-order valence-electron chi connectivity index (χ0n) is 39.4. The highest BCUT2D eigenvalue weighted by Crippen LogP contribution is 2.15. The molecule has 4 N–H and O–H groups in total. The standard InChI is InChI=1S/C54H101NO4/c1-3-5-7-9-11-13-15-17-19-21-23-25-26-27-29-30-32-34-36-38-40-42-44-46-48-52(57)51(50-56)55-54(59)53(58)49-47-45-43-41-39-37-35-33-31-28-24-22-20-18-16-14-12-10-8-6-4-2/h30-33,38,40,46,48,51-53,56-58H,3-29,34-37,39,41-45,47,49-50H2,1-2H3,(H,55,59)/b32-30+,33-31-,40-38+,48-46+. The van der Waals surface area contributed by atoms with Gasteiger partial charge in [0.05, 0.1) is 18.8 Å². The van der Waals surface area contributed by atoms with Gasteiger partial charge in [0.2, 0.25) is 5.91 Å². The maximum absolute atomic E-state index is 12.5. The van der Waals surface area contributed by atoms with E-state index in [0.717, 1.165) is 44.9 Å². The monoisotopic (exact) mass is 828 g/mol. The van der Waals surface area contributed by atoms with Crippen LogP contribution >= 0.6 is 0 Å². The van der Waals surface area contributed by atoms with Gasteiger partial charge in [0.25, 0.3) is 0 Å². The molecular weight excluding hydrogens is 727 g/mol. The number of hydrogen-bond acceptors (Lipinski definition) is 4. The van der Waals surface area contributed by atoms with Gasteiger partial charge in [0, 0.05) is 0 Å². The van der Waals surface area contributed by atoms with E-state index in [0.29, 0.717) is 6.42 Å². The lowest BCUT2D eigenvalue weighted by molar-refractivity contribution is -0.131. The molecule has 0 bridgehead atoms. The van der Waals surface area contributed by atoms with Gasteiger partial charge in [0.1, 0.15) is 6.10 Å². The highest BCUT2D eigenvalue weighted by atomic mass is 16.3. The van der Waals surface area contributed by atoms with Crippen LogP contribution in [0.2, 0.25) is 0 Å². The number of aliphatic hydroxyl groups is 3. The topological polar surface area (TPSA) is 89.8 Å². The molecule has 0 aliphatic heterocycles. The van der Waals surface area contributed by atoms with Gasteiger partial charge < -0.3 is 20.6 Å². The average Bonchev–Trinajstić information content (AvgIpc) is 3.24. The normalized spacial score (nSPS) is 13.8. The van der Waals surface area contributed by atoms with Crippen molar-refractivity contribution in [3.63, 3.8) is 0 Å². The van der Waals surface area contributed by atoms with E-state index in [1.807, 2.05) is 6.08 Å². The van der Waals surface area contributed by atoms with E-state index in [1.165, 1.54) is 199 Å². The molecule has 0 radical (unpaired) electrons. The minimum absolute atomic E-state index is 0.384. The minimum Gasteiger partial charge on any atom is -0.394 e. The van der Waals surface area contributed by atoms with Crippen LogP contribution in [0.4, 0.5) is 0 Å². The Morgan fingerprint density at radius 3 is 1.03 bits per heavy atom. The molecule has 0 aliphatic carbocycles. The van der Waals surface area contributed by atoms with Crippen LogP contribution in [0.5, 0.6) is 0 Å². The molecule has 0 heterocycles. The summed E-state index contributed by atoms with van der Waals surface area (Å²) >= 11 is 0. The van der Waals surface area contributed by atoms with Crippen molar-refractivity contribution < 1.29 is 20.1 Å². The van der Waals surface area contributed by atoms with E-state index in [2.05, 4.69) is 55.6 Å². The molecule has 59 heavy (non-hydrogen) atoms. The Hall–Kier alpha value is -1.69. The van der Waals surface area contributed by atoms with Crippen LogP contribution in [0.25, 0.3) is 0 Å². The van der Waals surface area contributed by atoms with Crippen LogP contribution in [-0.2, 0) is 4.79 Å². The smallest absolute Gasteiger partial charge is 0.249 e. The SMILES string of the molecule is CCCCCCCCCCCCC/C=C\CCCCCCCCC(O)C(=O)NC(CO)C(O)/C=C/CC/C=C/CC/C=C/CCCCCCCCCCCCCCCC. The summed E-state index contributed by atoms with van der Waals surface area (Å²) in [6.07, 6.45) is 64.6. The summed E-state index contributed by atoms with van der Waals surface area (Å²) in [5, 5.41) is 33.3. The van der Waals surface area contributed by atoms with Gasteiger partial charge >= 0.3 is 0 Å². The quantitative estimate of drug-likeness (QED) is 0.0363. The molecule has 0 aliphatic rings. The van der Waals surface area contributed by atoms with Crippen LogP contribution in [0.15, 0.2) is 48.6 Å². The van der Waals surface area contributed by atoms with Gasteiger partial charge in [-0.25, -0.2) is 0 Å². The van der Waals surface area contributed by atoms with E-state index < -0.39 is 24.2 Å². The van der Waals surface area contributed by atoms with Crippen molar-refractivity contribution in [2.24, 2.45) is 0 Å². The second-order valence-corrected chi connectivity index (χ2v) is 17.7. The first-order valence-corrected chi connectivity index (χ1v) is 26.0. The molecule has 1 amide bonds. The van der Waals surface area contributed by atoms with Gasteiger partial charge in [-0.2, -0.15) is 0 Å². The molecule has 5 heteroatoms. The molecule has 0 saturated heterocycles. The molecule has 346 valence electrons. The van der Waals surface area contributed by atoms with Crippen molar-refractivity contribution in [3.8, 4) is 0 Å². The fraction of sp³-hybridized carbons (Fsp3) is 0.833. The van der Waals surface area contributed by atoms with E-state index in [1.54, 1.807) is 6.08 Å². The van der Waals surface area contributed by atoms with Crippen molar-refractivity contribution >= 4 is 5.91 Å². The molecule has 0 aromatic rings. The van der Waals surface area contributed by atoms with E-state index in [9.17, 15) is 20.1 Å². The van der Waals surface area contributed by atoms with Crippen molar-refractivity contribution in [2.75, 3.05) is 6.61 Å². The van der Waals surface area contributed by atoms with E-state index in [-0.39, 0.29) is 6.61 Å². The molecule has 5 nitrogen and oxygen atoms in total. The first-order valence-electron chi connectivity index (χ1n) is 26.0. The fourth-order valence-electron chi connectivity index (χ4n) is 7.80. The van der Waals surface area contributed by atoms with Crippen LogP contribution < -0.4 is 5.32 Å². The van der Waals surface area contributed by atoms with Gasteiger partial charge in [-0.15, -0.1) is 0 Å². The Labute approximate surface area is 367 Å². The third-order valence-electron chi connectivity index (χ3n) is 11.9. The Balaban J connectivity index is 3.69. The number of carbonyl (C=O) groups excluding carboxylic acids is 1. The largest absolute Gasteiger partial charge is 0.394 e. The summed E-state index contributed by atoms with van der Waals surface area (Å²) in [5.74, 6) is -0.520. The lowest BCUT2D eigenvalue weighted by atomic mass is 10.0.